The lowest BCUT2D eigenvalue weighted by Gasteiger charge is -2.18. The number of para-hydroxylation sites is 1. The van der Waals surface area contributed by atoms with Gasteiger partial charge in [-0.2, -0.15) is 5.10 Å². The van der Waals surface area contributed by atoms with Crippen LogP contribution in [0, 0.1) is 6.92 Å². The number of fused-ring (bicyclic) bond motifs is 1. The minimum atomic E-state index is -3.31. The molecule has 4 aromatic rings. The third-order valence-corrected chi connectivity index (χ3v) is 6.33. The van der Waals surface area contributed by atoms with Crippen molar-refractivity contribution in [3.05, 3.63) is 95.3 Å². The van der Waals surface area contributed by atoms with Gasteiger partial charge in [-0.3, -0.25) is 0 Å². The molecule has 8 nitrogen and oxygen atoms in total. The van der Waals surface area contributed by atoms with Gasteiger partial charge in [0.25, 0.3) is 0 Å². The molecule has 33 heavy (non-hydrogen) atoms. The molecule has 0 saturated carbocycles. The van der Waals surface area contributed by atoms with Gasteiger partial charge in [-0.15, -0.1) is 0 Å². The van der Waals surface area contributed by atoms with Crippen LogP contribution >= 0.6 is 0 Å². The number of aromatic carboxylic acids is 1. The fraction of sp³-hybridized carbons (Fsp3) is 0.0417. The summed E-state index contributed by atoms with van der Waals surface area (Å²) in [7, 11) is -3.31. The first-order valence-corrected chi connectivity index (χ1v) is 11.6. The van der Waals surface area contributed by atoms with Crippen molar-refractivity contribution in [2.45, 2.75) is 6.92 Å². The fourth-order valence-corrected chi connectivity index (χ4v) is 4.45. The molecule has 0 spiro atoms. The molecule has 0 aliphatic carbocycles. The van der Waals surface area contributed by atoms with Gasteiger partial charge in [0, 0.05) is 18.1 Å². The number of carbonyl (C=O) groups is 1. The molecule has 0 amide bonds. The lowest BCUT2D eigenvalue weighted by atomic mass is 10.0. The highest BCUT2D eigenvalue weighted by molar-refractivity contribution is 7.97. The van der Waals surface area contributed by atoms with Gasteiger partial charge in [0.15, 0.2) is 21.2 Å². The van der Waals surface area contributed by atoms with E-state index >= 15 is 0 Å². The summed E-state index contributed by atoms with van der Waals surface area (Å²) in [5.74, 6) is -1.13. The highest BCUT2D eigenvalue weighted by Gasteiger charge is 2.20. The van der Waals surface area contributed by atoms with E-state index in [2.05, 4.69) is 10.1 Å². The Balaban J connectivity index is 1.64. The number of benzene rings is 2. The molecule has 9 heteroatoms. The van der Waals surface area contributed by atoms with Gasteiger partial charge in [-0.25, -0.2) is 22.9 Å². The summed E-state index contributed by atoms with van der Waals surface area (Å²) < 4.78 is 24.8. The van der Waals surface area contributed by atoms with E-state index in [1.807, 2.05) is 61.5 Å². The summed E-state index contributed by atoms with van der Waals surface area (Å²) in [6.45, 7) is 1.87. The number of hydrogen-bond donors (Lipinski definition) is 1. The lowest BCUT2D eigenvalue weighted by molar-refractivity contribution is 0.0691. The predicted octanol–water partition coefficient (Wildman–Crippen LogP) is 4.27. The van der Waals surface area contributed by atoms with Gasteiger partial charge in [0.2, 0.25) is 0 Å². The van der Waals surface area contributed by atoms with Gasteiger partial charge in [0.05, 0.1) is 27.6 Å². The first-order chi connectivity index (χ1) is 15.8. The maximum atomic E-state index is 11.8. The molecule has 1 aliphatic heterocycles. The largest absolute Gasteiger partial charge is 0.477 e. The number of hydrogen-bond acceptors (Lipinski definition) is 6. The first-order valence-electron chi connectivity index (χ1n) is 10.0. The molecule has 0 radical (unpaired) electrons. The zero-order chi connectivity index (χ0) is 23.2. The van der Waals surface area contributed by atoms with E-state index in [0.29, 0.717) is 11.2 Å². The van der Waals surface area contributed by atoms with Crippen molar-refractivity contribution in [2.75, 3.05) is 4.90 Å². The van der Waals surface area contributed by atoms with E-state index in [-0.39, 0.29) is 5.69 Å². The van der Waals surface area contributed by atoms with Crippen LogP contribution in [-0.4, -0.2) is 34.3 Å². The Morgan fingerprint density at radius 3 is 2.24 bits per heavy atom. The van der Waals surface area contributed by atoms with E-state index in [1.54, 1.807) is 15.6 Å². The number of pyridine rings is 1. The van der Waals surface area contributed by atoms with Crippen LogP contribution in [0.2, 0.25) is 0 Å². The van der Waals surface area contributed by atoms with Crippen LogP contribution in [0.15, 0.2) is 83.9 Å². The van der Waals surface area contributed by atoms with Gasteiger partial charge < -0.3 is 10.0 Å². The van der Waals surface area contributed by atoms with E-state index in [1.165, 1.54) is 12.4 Å². The predicted molar refractivity (Wildman–Crippen MR) is 126 cm³/mol. The average Bonchev–Trinajstić information content (AvgIpc) is 3.16. The zero-order valence-corrected chi connectivity index (χ0v) is 18.3. The van der Waals surface area contributed by atoms with Crippen molar-refractivity contribution in [2.24, 2.45) is 0 Å². The molecule has 5 rings (SSSR count). The molecular formula is C24H18N4O4S. The van der Waals surface area contributed by atoms with Gasteiger partial charge in [-0.1, -0.05) is 30.3 Å². The molecule has 1 N–H and O–H groups in total. The Bertz CT molecular complexity index is 1530. The van der Waals surface area contributed by atoms with Crippen molar-refractivity contribution in [3.63, 3.8) is 0 Å². The molecule has 164 valence electrons. The van der Waals surface area contributed by atoms with Crippen LogP contribution in [-0.2, 0) is 9.84 Å². The summed E-state index contributed by atoms with van der Waals surface area (Å²) in [4.78, 5) is 17.9. The quantitative estimate of drug-likeness (QED) is 0.487. The summed E-state index contributed by atoms with van der Waals surface area (Å²) in [6.07, 6.45) is 2.96. The van der Waals surface area contributed by atoms with Crippen LogP contribution in [0.1, 0.15) is 16.2 Å². The fourth-order valence-electron chi connectivity index (χ4n) is 3.76. The minimum Gasteiger partial charge on any atom is -0.477 e. The highest BCUT2D eigenvalue weighted by Crippen LogP contribution is 2.33. The van der Waals surface area contributed by atoms with E-state index in [0.717, 1.165) is 38.8 Å². The normalized spacial score (nSPS) is 14.6. The van der Waals surface area contributed by atoms with Crippen LogP contribution in [0.4, 0.5) is 5.69 Å². The van der Waals surface area contributed by atoms with Crippen LogP contribution in [0.25, 0.3) is 27.8 Å². The monoisotopic (exact) mass is 458 g/mol. The number of carboxylic acids is 1. The number of rotatable bonds is 4. The SMILES string of the molecule is Cc1nn(-c2ccccc2)c2nc(C(=O)O)cc(-c3ccc(N4C=CS(=O)(=O)C=C4)cc3)c12. The zero-order valence-electron chi connectivity index (χ0n) is 17.5. The molecule has 2 aromatic carbocycles. The van der Waals surface area contributed by atoms with Crippen LogP contribution < -0.4 is 4.90 Å². The number of aryl methyl sites for hydroxylation is 1. The third kappa shape index (κ3) is 3.79. The molecule has 2 aromatic heterocycles. The third-order valence-electron chi connectivity index (χ3n) is 5.33. The number of sulfone groups is 1. The molecule has 1 aliphatic rings. The minimum absolute atomic E-state index is 0.0780. The van der Waals surface area contributed by atoms with Crippen LogP contribution in [0.3, 0.4) is 0 Å². The van der Waals surface area contributed by atoms with Crippen molar-refractivity contribution < 1.29 is 18.3 Å². The Kier molecular flexibility index (Phi) is 4.83. The second-order valence-electron chi connectivity index (χ2n) is 7.51. The summed E-state index contributed by atoms with van der Waals surface area (Å²) in [5.41, 5.74) is 4.16. The van der Waals surface area contributed by atoms with Crippen molar-refractivity contribution >= 4 is 32.5 Å². The maximum Gasteiger partial charge on any atom is 0.354 e. The second-order valence-corrected chi connectivity index (χ2v) is 9.23. The maximum absolute atomic E-state index is 11.8. The number of carboxylic acid groups (broad SMARTS) is 1. The number of nitrogens with zero attached hydrogens (tertiary/aromatic N) is 4. The van der Waals surface area contributed by atoms with E-state index in [4.69, 9.17) is 0 Å². The van der Waals surface area contributed by atoms with Crippen LogP contribution in [0.5, 0.6) is 0 Å². The Morgan fingerprint density at radius 2 is 1.61 bits per heavy atom. The van der Waals surface area contributed by atoms with E-state index in [9.17, 15) is 18.3 Å². The lowest BCUT2D eigenvalue weighted by Crippen LogP contribution is -2.12. The topological polar surface area (TPSA) is 105 Å². The highest BCUT2D eigenvalue weighted by atomic mass is 32.2. The molecular weight excluding hydrogens is 440 g/mol. The second kappa shape index (κ2) is 7.72. The molecule has 3 heterocycles. The summed E-state index contributed by atoms with van der Waals surface area (Å²) in [5, 5.41) is 17.3. The Labute approximate surface area is 189 Å². The summed E-state index contributed by atoms with van der Waals surface area (Å²) >= 11 is 0. The number of aromatic nitrogens is 3. The Morgan fingerprint density at radius 1 is 0.939 bits per heavy atom. The molecule has 0 saturated heterocycles. The molecule has 0 unspecified atom stereocenters. The standard InChI is InChI=1S/C24H18N4O4S/c1-16-22-20(17-7-9-18(10-8-17)27-11-13-33(31,32)14-12-27)15-21(24(29)30)25-23(22)28(26-16)19-5-3-2-4-6-19/h2-15H,1H3,(H,29,30). The van der Waals surface area contributed by atoms with Gasteiger partial charge in [-0.05, 0) is 48.4 Å². The average molecular weight is 458 g/mol. The molecule has 0 bridgehead atoms. The van der Waals surface area contributed by atoms with Gasteiger partial charge >= 0.3 is 5.97 Å². The van der Waals surface area contributed by atoms with Crippen molar-refractivity contribution in [1.29, 1.82) is 0 Å². The van der Waals surface area contributed by atoms with E-state index < -0.39 is 15.8 Å². The molecule has 0 atom stereocenters. The summed E-state index contributed by atoms with van der Waals surface area (Å²) in [6, 6.07) is 18.4. The Hall–Kier alpha value is -4.24. The molecule has 0 fully saturated rings. The first kappa shape index (κ1) is 20.7. The van der Waals surface area contributed by atoms with Gasteiger partial charge in [0.1, 0.15) is 0 Å². The van der Waals surface area contributed by atoms with Crippen molar-refractivity contribution in [1.82, 2.24) is 14.8 Å². The number of anilines is 1. The van der Waals surface area contributed by atoms with Crippen molar-refractivity contribution in [3.8, 4) is 16.8 Å². The smallest absolute Gasteiger partial charge is 0.354 e.